The van der Waals surface area contributed by atoms with E-state index < -0.39 is 17.5 Å². The lowest BCUT2D eigenvalue weighted by Gasteiger charge is -2.08. The Bertz CT molecular complexity index is 912. The van der Waals surface area contributed by atoms with Gasteiger partial charge in [-0.05, 0) is 24.6 Å². The highest BCUT2D eigenvalue weighted by atomic mass is 19.1. The lowest BCUT2D eigenvalue weighted by Crippen LogP contribution is -2.15. The van der Waals surface area contributed by atoms with Crippen LogP contribution >= 0.6 is 0 Å². The maximum atomic E-state index is 13.6. The van der Waals surface area contributed by atoms with Gasteiger partial charge < -0.3 is 10.6 Å². The first-order valence-corrected chi connectivity index (χ1v) is 7.89. The number of nitrogens with one attached hydrogen (secondary N) is 2. The van der Waals surface area contributed by atoms with E-state index >= 15 is 0 Å². The van der Waals surface area contributed by atoms with E-state index in [4.69, 9.17) is 0 Å². The molecule has 2 aromatic carbocycles. The molecule has 0 radical (unpaired) electrons. The summed E-state index contributed by atoms with van der Waals surface area (Å²) in [5.41, 5.74) is 2.17. The van der Waals surface area contributed by atoms with Crippen molar-refractivity contribution in [3.8, 4) is 0 Å². The molecule has 1 heterocycles. The molecule has 0 saturated heterocycles. The Hall–Kier alpha value is -3.35. The number of aryl methyl sites for hydroxylation is 1. The molecule has 0 aliphatic carbocycles. The van der Waals surface area contributed by atoms with Crippen molar-refractivity contribution in [2.24, 2.45) is 0 Å². The molecule has 132 valence electrons. The van der Waals surface area contributed by atoms with Gasteiger partial charge >= 0.3 is 0 Å². The second-order valence-electron chi connectivity index (χ2n) is 5.70. The van der Waals surface area contributed by atoms with Crippen LogP contribution in [0.15, 0.2) is 54.9 Å². The van der Waals surface area contributed by atoms with Crippen molar-refractivity contribution in [3.63, 3.8) is 0 Å². The number of amides is 1. The first-order valence-electron chi connectivity index (χ1n) is 7.89. The van der Waals surface area contributed by atoms with Crippen LogP contribution in [0.2, 0.25) is 0 Å². The van der Waals surface area contributed by atoms with Gasteiger partial charge in [0.1, 0.15) is 23.1 Å². The monoisotopic (exact) mass is 354 g/mol. The Morgan fingerprint density at radius 2 is 1.81 bits per heavy atom. The molecule has 3 rings (SSSR count). The number of rotatable bonds is 5. The fourth-order valence-electron chi connectivity index (χ4n) is 2.21. The number of hydrogen-bond acceptors (Lipinski definition) is 4. The van der Waals surface area contributed by atoms with Gasteiger partial charge in [0.2, 0.25) is 0 Å². The van der Waals surface area contributed by atoms with Gasteiger partial charge in [-0.15, -0.1) is 0 Å². The Labute approximate surface area is 149 Å². The molecular weight excluding hydrogens is 338 g/mol. The molecule has 7 heteroatoms. The van der Waals surface area contributed by atoms with Crippen molar-refractivity contribution in [2.45, 2.75) is 13.5 Å². The number of halogens is 2. The molecule has 3 aromatic rings. The van der Waals surface area contributed by atoms with Crippen molar-refractivity contribution in [1.82, 2.24) is 9.97 Å². The number of nitrogens with zero attached hydrogens (tertiary/aromatic N) is 2. The Morgan fingerprint density at radius 1 is 1.04 bits per heavy atom. The van der Waals surface area contributed by atoms with E-state index in [0.717, 1.165) is 17.7 Å². The first kappa shape index (κ1) is 17.5. The Balaban J connectivity index is 1.61. The first-order chi connectivity index (χ1) is 12.5. The highest BCUT2D eigenvalue weighted by Crippen LogP contribution is 2.16. The molecule has 0 saturated carbocycles. The van der Waals surface area contributed by atoms with E-state index in [1.54, 1.807) is 0 Å². The number of benzene rings is 2. The normalized spacial score (nSPS) is 10.4. The summed E-state index contributed by atoms with van der Waals surface area (Å²) in [4.78, 5) is 20.2. The number of aromatic nitrogens is 2. The van der Waals surface area contributed by atoms with Crippen molar-refractivity contribution in [1.29, 1.82) is 0 Å². The third kappa shape index (κ3) is 4.38. The SMILES string of the molecule is Cc1ccc(CNc2cnc(C(=O)Nc3ccc(F)cc3F)cn2)cc1. The van der Waals surface area contributed by atoms with Crippen LogP contribution in [0.5, 0.6) is 0 Å². The van der Waals surface area contributed by atoms with Crippen molar-refractivity contribution < 1.29 is 13.6 Å². The predicted molar refractivity (Wildman–Crippen MR) is 94.8 cm³/mol. The van der Waals surface area contributed by atoms with Crippen LogP contribution < -0.4 is 10.6 Å². The molecule has 26 heavy (non-hydrogen) atoms. The van der Waals surface area contributed by atoms with Crippen LogP contribution in [0.1, 0.15) is 21.6 Å². The third-order valence-corrected chi connectivity index (χ3v) is 3.66. The molecule has 5 nitrogen and oxygen atoms in total. The number of hydrogen-bond donors (Lipinski definition) is 2. The van der Waals surface area contributed by atoms with Crippen LogP contribution in [0.3, 0.4) is 0 Å². The van der Waals surface area contributed by atoms with Gasteiger partial charge in [0.15, 0.2) is 0 Å². The van der Waals surface area contributed by atoms with E-state index in [0.29, 0.717) is 18.4 Å². The minimum Gasteiger partial charge on any atom is -0.365 e. The Morgan fingerprint density at radius 3 is 2.46 bits per heavy atom. The molecule has 0 atom stereocenters. The van der Waals surface area contributed by atoms with Crippen LogP contribution in [-0.4, -0.2) is 15.9 Å². The largest absolute Gasteiger partial charge is 0.365 e. The van der Waals surface area contributed by atoms with E-state index in [1.165, 1.54) is 18.0 Å². The molecule has 1 aromatic heterocycles. The maximum absolute atomic E-state index is 13.6. The third-order valence-electron chi connectivity index (χ3n) is 3.66. The number of carbonyl (C=O) groups is 1. The molecule has 0 unspecified atom stereocenters. The van der Waals surface area contributed by atoms with E-state index in [-0.39, 0.29) is 11.4 Å². The fraction of sp³-hybridized carbons (Fsp3) is 0.105. The lowest BCUT2D eigenvalue weighted by molar-refractivity contribution is 0.102. The summed E-state index contributed by atoms with van der Waals surface area (Å²) in [7, 11) is 0. The van der Waals surface area contributed by atoms with Gasteiger partial charge in [-0.1, -0.05) is 29.8 Å². The minimum atomic E-state index is -0.859. The van der Waals surface area contributed by atoms with Gasteiger partial charge in [-0.3, -0.25) is 4.79 Å². The van der Waals surface area contributed by atoms with Gasteiger partial charge in [-0.25, -0.2) is 18.7 Å². The lowest BCUT2D eigenvalue weighted by atomic mass is 10.1. The summed E-state index contributed by atoms with van der Waals surface area (Å²) in [6.45, 7) is 2.59. The van der Waals surface area contributed by atoms with E-state index in [1.807, 2.05) is 31.2 Å². The predicted octanol–water partition coefficient (Wildman–Crippen LogP) is 3.93. The minimum absolute atomic E-state index is 0.0228. The molecule has 0 spiro atoms. The van der Waals surface area contributed by atoms with E-state index in [9.17, 15) is 13.6 Å². The summed E-state index contributed by atoms with van der Waals surface area (Å²) in [6.07, 6.45) is 2.71. The summed E-state index contributed by atoms with van der Waals surface area (Å²) in [5, 5.41) is 5.44. The van der Waals surface area contributed by atoms with Gasteiger partial charge in [0.05, 0.1) is 18.1 Å². The molecule has 1 amide bonds. The Kier molecular flexibility index (Phi) is 5.17. The zero-order valence-corrected chi connectivity index (χ0v) is 14.0. The summed E-state index contributed by atoms with van der Waals surface area (Å²) in [5.74, 6) is -1.70. The fourth-order valence-corrected chi connectivity index (χ4v) is 2.21. The smallest absolute Gasteiger partial charge is 0.275 e. The van der Waals surface area contributed by atoms with Crippen LogP contribution in [0, 0.1) is 18.6 Å². The molecule has 0 aliphatic rings. The summed E-state index contributed by atoms with van der Waals surface area (Å²) < 4.78 is 26.5. The zero-order chi connectivity index (χ0) is 18.5. The van der Waals surface area contributed by atoms with Gasteiger partial charge in [0, 0.05) is 12.6 Å². The number of carbonyl (C=O) groups excluding carboxylic acids is 1. The summed E-state index contributed by atoms with van der Waals surface area (Å²) >= 11 is 0. The highest BCUT2D eigenvalue weighted by molar-refractivity contribution is 6.02. The standard InChI is InChI=1S/C19H16F2N4O/c1-12-2-4-13(5-3-12)9-23-18-11-22-17(10-24-18)19(26)25-16-7-6-14(20)8-15(16)21/h2-8,10-11H,9H2,1H3,(H,23,24)(H,25,26). The highest BCUT2D eigenvalue weighted by Gasteiger charge is 2.12. The maximum Gasteiger partial charge on any atom is 0.275 e. The van der Waals surface area contributed by atoms with Crippen LogP contribution in [0.25, 0.3) is 0 Å². The molecule has 0 bridgehead atoms. The molecule has 2 N–H and O–H groups in total. The van der Waals surface area contributed by atoms with Gasteiger partial charge in [-0.2, -0.15) is 0 Å². The van der Waals surface area contributed by atoms with Crippen LogP contribution in [-0.2, 0) is 6.54 Å². The van der Waals surface area contributed by atoms with E-state index in [2.05, 4.69) is 20.6 Å². The van der Waals surface area contributed by atoms with Gasteiger partial charge in [0.25, 0.3) is 5.91 Å². The van der Waals surface area contributed by atoms with Crippen LogP contribution in [0.4, 0.5) is 20.3 Å². The van der Waals surface area contributed by atoms with Crippen molar-refractivity contribution >= 4 is 17.4 Å². The average Bonchev–Trinajstić information content (AvgIpc) is 2.64. The quantitative estimate of drug-likeness (QED) is 0.729. The molecular formula is C19H16F2N4O. The zero-order valence-electron chi connectivity index (χ0n) is 14.0. The molecule has 0 aliphatic heterocycles. The second kappa shape index (κ2) is 7.69. The van der Waals surface area contributed by atoms with Crippen molar-refractivity contribution in [3.05, 3.63) is 83.3 Å². The average molecular weight is 354 g/mol. The number of anilines is 2. The topological polar surface area (TPSA) is 66.9 Å². The summed E-state index contributed by atoms with van der Waals surface area (Å²) in [6, 6.07) is 11.0. The van der Waals surface area contributed by atoms with Crippen molar-refractivity contribution in [2.75, 3.05) is 10.6 Å². The molecule has 0 fully saturated rings. The second-order valence-corrected chi connectivity index (χ2v) is 5.70.